The van der Waals surface area contributed by atoms with Crippen LogP contribution in [0.2, 0.25) is 0 Å². The maximum atomic E-state index is 11.7. The maximum absolute atomic E-state index is 11.7. The van der Waals surface area contributed by atoms with Gasteiger partial charge < -0.3 is 9.47 Å². The highest BCUT2D eigenvalue weighted by atomic mass is 16.5. The van der Waals surface area contributed by atoms with E-state index in [4.69, 9.17) is 9.47 Å². The molecule has 3 nitrogen and oxygen atoms in total. The van der Waals surface area contributed by atoms with Crippen LogP contribution in [0.4, 0.5) is 0 Å². The van der Waals surface area contributed by atoms with Crippen LogP contribution >= 0.6 is 0 Å². The number of allylic oxidation sites excluding steroid dienone is 1. The van der Waals surface area contributed by atoms with E-state index in [0.29, 0.717) is 24.3 Å². The van der Waals surface area contributed by atoms with E-state index in [1.165, 1.54) is 0 Å². The molecule has 0 unspecified atom stereocenters. The number of rotatable bonds is 10. The topological polar surface area (TPSA) is 35.5 Å². The van der Waals surface area contributed by atoms with Crippen LogP contribution in [-0.4, -0.2) is 12.9 Å². The van der Waals surface area contributed by atoms with Crippen LogP contribution in [0.15, 0.2) is 61.7 Å². The molecule has 0 radical (unpaired) electrons. The summed E-state index contributed by atoms with van der Waals surface area (Å²) in [5.74, 6) is 2.31. The lowest BCUT2D eigenvalue weighted by atomic mass is 10.1. The number of methoxy groups -OCH3 is 1. The van der Waals surface area contributed by atoms with Crippen molar-refractivity contribution in [1.82, 2.24) is 0 Å². The molecular formula is C22H24O3. The lowest BCUT2D eigenvalue weighted by Gasteiger charge is -2.11. The smallest absolute Gasteiger partial charge is 0.169 e. The highest BCUT2D eigenvalue weighted by Crippen LogP contribution is 2.32. The fourth-order valence-corrected chi connectivity index (χ4v) is 2.42. The lowest BCUT2D eigenvalue weighted by molar-refractivity contribution is -0.118. The Kier molecular flexibility index (Phi) is 7.02. The van der Waals surface area contributed by atoms with Gasteiger partial charge in [0.1, 0.15) is 11.5 Å². The van der Waals surface area contributed by atoms with Crippen LogP contribution < -0.4 is 9.47 Å². The van der Waals surface area contributed by atoms with Crippen molar-refractivity contribution in [2.24, 2.45) is 0 Å². The van der Waals surface area contributed by atoms with Gasteiger partial charge in [-0.25, -0.2) is 0 Å². The third kappa shape index (κ3) is 5.64. The second-order valence-electron chi connectivity index (χ2n) is 5.73. The summed E-state index contributed by atoms with van der Waals surface area (Å²) in [6.45, 7) is 7.41. The predicted octanol–water partition coefficient (Wildman–Crippen LogP) is 5.60. The second kappa shape index (κ2) is 9.48. The van der Waals surface area contributed by atoms with Gasteiger partial charge in [0, 0.05) is 12.8 Å². The number of aryl methyl sites for hydroxylation is 1. The van der Waals surface area contributed by atoms with Crippen LogP contribution in [0.25, 0.3) is 6.08 Å². The molecule has 0 aliphatic carbocycles. The summed E-state index contributed by atoms with van der Waals surface area (Å²) >= 11 is 0. The molecule has 0 N–H and O–H groups in total. The van der Waals surface area contributed by atoms with Gasteiger partial charge in [0.25, 0.3) is 0 Å². The molecule has 0 aliphatic heterocycles. The molecule has 2 rings (SSSR count). The monoisotopic (exact) mass is 336 g/mol. The normalized spacial score (nSPS) is 10.1. The van der Waals surface area contributed by atoms with Gasteiger partial charge in [-0.3, -0.25) is 4.79 Å². The maximum Gasteiger partial charge on any atom is 0.169 e. The minimum Gasteiger partial charge on any atom is -0.493 e. The molecule has 0 fully saturated rings. The van der Waals surface area contributed by atoms with Crippen molar-refractivity contribution in [1.29, 1.82) is 0 Å². The van der Waals surface area contributed by atoms with Crippen molar-refractivity contribution in [3.8, 4) is 17.2 Å². The summed E-state index contributed by atoms with van der Waals surface area (Å²) in [5.41, 5.74) is 2.08. The molecule has 25 heavy (non-hydrogen) atoms. The molecule has 0 amide bonds. The standard InChI is InChI=1S/C22H24O3/c1-4-6-7-19(23)12-8-18-9-13-20(14-10-18)25-22-16-17(5-2)11-15-21(22)24-3/h4-5,9-11,13-16H,1-2,6-8,12H2,3H3. The Morgan fingerprint density at radius 1 is 1.04 bits per heavy atom. The fourth-order valence-electron chi connectivity index (χ4n) is 2.42. The number of hydrogen-bond acceptors (Lipinski definition) is 3. The zero-order valence-corrected chi connectivity index (χ0v) is 14.7. The fraction of sp³-hybridized carbons (Fsp3) is 0.227. The highest BCUT2D eigenvalue weighted by molar-refractivity contribution is 5.78. The van der Waals surface area contributed by atoms with E-state index in [1.54, 1.807) is 19.3 Å². The summed E-state index contributed by atoms with van der Waals surface area (Å²) in [7, 11) is 1.61. The first kappa shape index (κ1) is 18.5. The molecular weight excluding hydrogens is 312 g/mol. The molecule has 0 aromatic heterocycles. The summed E-state index contributed by atoms with van der Waals surface area (Å²) in [5, 5.41) is 0. The molecule has 130 valence electrons. The molecule has 0 saturated carbocycles. The molecule has 0 aliphatic rings. The number of Topliss-reactive ketones (excluding diaryl/α,β-unsaturated/α-hetero) is 1. The molecule has 2 aromatic carbocycles. The van der Waals surface area contributed by atoms with Crippen molar-refractivity contribution in [2.45, 2.75) is 25.7 Å². The lowest BCUT2D eigenvalue weighted by Crippen LogP contribution is -1.99. The second-order valence-corrected chi connectivity index (χ2v) is 5.73. The number of carbonyl (C=O) groups excluding carboxylic acids is 1. The summed E-state index contributed by atoms with van der Waals surface area (Å²) in [6, 6.07) is 13.5. The molecule has 0 saturated heterocycles. The Labute approximate surface area is 149 Å². The first-order valence-corrected chi connectivity index (χ1v) is 8.36. The largest absolute Gasteiger partial charge is 0.493 e. The zero-order valence-electron chi connectivity index (χ0n) is 14.7. The molecule has 0 atom stereocenters. The first-order valence-electron chi connectivity index (χ1n) is 8.36. The van der Waals surface area contributed by atoms with E-state index < -0.39 is 0 Å². The molecule has 0 bridgehead atoms. The van der Waals surface area contributed by atoms with Gasteiger partial charge >= 0.3 is 0 Å². The molecule has 3 heteroatoms. The van der Waals surface area contributed by atoms with Crippen LogP contribution in [0.5, 0.6) is 17.2 Å². The number of benzene rings is 2. The van der Waals surface area contributed by atoms with Gasteiger partial charge in [-0.2, -0.15) is 0 Å². The number of hydrogen-bond donors (Lipinski definition) is 0. The molecule has 2 aromatic rings. The van der Waals surface area contributed by atoms with Gasteiger partial charge in [0.2, 0.25) is 0 Å². The highest BCUT2D eigenvalue weighted by Gasteiger charge is 2.07. The van der Waals surface area contributed by atoms with Crippen molar-refractivity contribution in [3.05, 3.63) is 72.8 Å². The van der Waals surface area contributed by atoms with Crippen molar-refractivity contribution in [2.75, 3.05) is 7.11 Å². The zero-order chi connectivity index (χ0) is 18.1. The third-order valence-electron chi connectivity index (χ3n) is 3.89. The summed E-state index contributed by atoms with van der Waals surface area (Å²) < 4.78 is 11.3. The number of ketones is 1. The third-order valence-corrected chi connectivity index (χ3v) is 3.89. The van der Waals surface area contributed by atoms with Crippen molar-refractivity contribution >= 4 is 11.9 Å². The quantitative estimate of drug-likeness (QED) is 0.530. The Morgan fingerprint density at radius 3 is 2.44 bits per heavy atom. The minimum absolute atomic E-state index is 0.270. The summed E-state index contributed by atoms with van der Waals surface area (Å²) in [4.78, 5) is 11.7. The van der Waals surface area contributed by atoms with E-state index in [-0.39, 0.29) is 5.78 Å². The Balaban J connectivity index is 1.99. The van der Waals surface area contributed by atoms with E-state index >= 15 is 0 Å². The SMILES string of the molecule is C=CCCC(=O)CCc1ccc(Oc2cc(C=C)ccc2OC)cc1. The van der Waals surface area contributed by atoms with Gasteiger partial charge in [-0.05, 0) is 48.2 Å². The van der Waals surface area contributed by atoms with Gasteiger partial charge in [0.05, 0.1) is 7.11 Å². The minimum atomic E-state index is 0.270. The average Bonchev–Trinajstić information content (AvgIpc) is 2.65. The molecule has 0 heterocycles. The van der Waals surface area contributed by atoms with Crippen LogP contribution in [0, 0.1) is 0 Å². The van der Waals surface area contributed by atoms with Gasteiger partial charge in [-0.15, -0.1) is 6.58 Å². The van der Waals surface area contributed by atoms with E-state index in [2.05, 4.69) is 13.2 Å². The van der Waals surface area contributed by atoms with E-state index in [9.17, 15) is 4.79 Å². The Morgan fingerprint density at radius 2 is 1.80 bits per heavy atom. The molecule has 0 spiro atoms. The van der Waals surface area contributed by atoms with Crippen molar-refractivity contribution < 1.29 is 14.3 Å². The Bertz CT molecular complexity index is 729. The first-order chi connectivity index (χ1) is 12.2. The van der Waals surface area contributed by atoms with Crippen LogP contribution in [-0.2, 0) is 11.2 Å². The number of carbonyl (C=O) groups is 1. The Hall–Kier alpha value is -2.81. The van der Waals surface area contributed by atoms with Crippen LogP contribution in [0.1, 0.15) is 30.4 Å². The van der Waals surface area contributed by atoms with E-state index in [0.717, 1.165) is 29.7 Å². The van der Waals surface area contributed by atoms with Gasteiger partial charge in [-0.1, -0.05) is 36.9 Å². The average molecular weight is 336 g/mol. The number of ether oxygens (including phenoxy) is 2. The van der Waals surface area contributed by atoms with Crippen molar-refractivity contribution in [3.63, 3.8) is 0 Å². The van der Waals surface area contributed by atoms with Gasteiger partial charge in [0.15, 0.2) is 11.5 Å². The summed E-state index contributed by atoms with van der Waals surface area (Å²) in [6.07, 6.45) is 6.16. The van der Waals surface area contributed by atoms with Crippen LogP contribution in [0.3, 0.4) is 0 Å². The van der Waals surface area contributed by atoms with E-state index in [1.807, 2.05) is 42.5 Å². The predicted molar refractivity (Wildman–Crippen MR) is 102 cm³/mol.